The van der Waals surface area contributed by atoms with Crippen LogP contribution in [0, 0.1) is 5.82 Å². The number of rotatable bonds is 3. The summed E-state index contributed by atoms with van der Waals surface area (Å²) < 4.78 is 55.5. The molecule has 2 N–H and O–H groups in total. The van der Waals surface area contributed by atoms with Gasteiger partial charge in [0.15, 0.2) is 0 Å². The molecule has 3 nitrogen and oxygen atoms in total. The molecule has 2 aromatic carbocycles. The average Bonchev–Trinajstić information content (AvgIpc) is 3.06. The number of nitrogens with two attached hydrogens (primary N) is 1. The molecule has 0 radical (unpaired) electrons. The van der Waals surface area contributed by atoms with Crippen LogP contribution in [-0.4, -0.2) is 11.9 Å². The van der Waals surface area contributed by atoms with Crippen molar-refractivity contribution in [2.24, 2.45) is 10.9 Å². The van der Waals surface area contributed by atoms with Crippen LogP contribution in [0.15, 0.2) is 35.5 Å². The third kappa shape index (κ3) is 3.49. The van der Waals surface area contributed by atoms with Crippen LogP contribution in [0.1, 0.15) is 23.1 Å². The second kappa shape index (κ2) is 7.13. The van der Waals surface area contributed by atoms with Crippen LogP contribution in [0.4, 0.5) is 17.6 Å². The van der Waals surface area contributed by atoms with Gasteiger partial charge in [0, 0.05) is 24.1 Å². The Morgan fingerprint density at radius 2 is 1.74 bits per heavy atom. The molecule has 0 aromatic heterocycles. The first-order chi connectivity index (χ1) is 12.6. The van der Waals surface area contributed by atoms with Crippen LogP contribution in [-0.2, 0) is 17.0 Å². The molecule has 0 bridgehead atoms. The van der Waals surface area contributed by atoms with Crippen molar-refractivity contribution in [2.45, 2.75) is 24.7 Å². The van der Waals surface area contributed by atoms with Crippen LogP contribution < -0.4 is 5.73 Å². The van der Waals surface area contributed by atoms with E-state index in [-0.39, 0.29) is 44.0 Å². The lowest BCUT2D eigenvalue weighted by Gasteiger charge is -2.30. The molecule has 0 spiro atoms. The van der Waals surface area contributed by atoms with Crippen LogP contribution in [0.25, 0.3) is 0 Å². The molecule has 10 heteroatoms. The highest BCUT2D eigenvalue weighted by Crippen LogP contribution is 2.50. The third-order valence-corrected chi connectivity index (χ3v) is 5.43. The van der Waals surface area contributed by atoms with Crippen LogP contribution in [0.5, 0.6) is 0 Å². The van der Waals surface area contributed by atoms with Gasteiger partial charge in [-0.3, -0.25) is 0 Å². The first-order valence-corrected chi connectivity index (χ1v) is 8.68. The molecule has 3 rings (SSSR count). The van der Waals surface area contributed by atoms with E-state index in [0.717, 1.165) is 18.2 Å². The Morgan fingerprint density at radius 1 is 1.11 bits per heavy atom. The molecule has 1 aliphatic heterocycles. The summed E-state index contributed by atoms with van der Waals surface area (Å²) in [5.74, 6) is -0.556. The van der Waals surface area contributed by atoms with Crippen molar-refractivity contribution in [3.8, 4) is 0 Å². The van der Waals surface area contributed by atoms with Gasteiger partial charge in [-0.2, -0.15) is 13.2 Å². The van der Waals surface area contributed by atoms with E-state index in [9.17, 15) is 17.6 Å². The summed E-state index contributed by atoms with van der Waals surface area (Å²) in [6.07, 6.45) is -5.49. The molecule has 0 fully saturated rings. The number of oxime groups is 1. The van der Waals surface area contributed by atoms with Crippen LogP contribution in [0.3, 0.4) is 0 Å². The highest BCUT2D eigenvalue weighted by molar-refractivity contribution is 6.48. The Balaban J connectivity index is 2.06. The minimum absolute atomic E-state index is 0.00998. The SMILES string of the molecule is NCc1cc(C2=NOC(c3cc(Cl)c(Cl)c(Cl)c3)(C(F)(F)F)C2)ccc1F. The van der Waals surface area contributed by atoms with Gasteiger partial charge in [-0.05, 0) is 29.8 Å². The Labute approximate surface area is 166 Å². The predicted molar refractivity (Wildman–Crippen MR) is 95.7 cm³/mol. The molecule has 1 unspecified atom stereocenters. The fourth-order valence-electron chi connectivity index (χ4n) is 2.76. The van der Waals surface area contributed by atoms with Gasteiger partial charge in [0.2, 0.25) is 0 Å². The number of hydrogen-bond donors (Lipinski definition) is 1. The predicted octanol–water partition coefficient (Wildman–Crippen LogP) is 5.83. The van der Waals surface area contributed by atoms with E-state index in [1.807, 2.05) is 0 Å². The summed E-state index contributed by atoms with van der Waals surface area (Å²) in [5, 5.41) is 3.25. The Kier molecular flexibility index (Phi) is 5.33. The zero-order chi connectivity index (χ0) is 20.0. The van der Waals surface area contributed by atoms with Crippen molar-refractivity contribution in [2.75, 3.05) is 0 Å². The smallest absolute Gasteiger partial charge is 0.374 e. The lowest BCUT2D eigenvalue weighted by molar-refractivity contribution is -0.275. The van der Waals surface area contributed by atoms with E-state index in [0.29, 0.717) is 0 Å². The van der Waals surface area contributed by atoms with Crippen LogP contribution >= 0.6 is 34.8 Å². The highest BCUT2D eigenvalue weighted by Gasteiger charge is 2.62. The van der Waals surface area contributed by atoms with Gasteiger partial charge in [-0.1, -0.05) is 46.0 Å². The van der Waals surface area contributed by atoms with Crippen molar-refractivity contribution in [3.05, 3.63) is 67.9 Å². The summed E-state index contributed by atoms with van der Waals surface area (Å²) >= 11 is 17.6. The maximum Gasteiger partial charge on any atom is 0.435 e. The fourth-order valence-corrected chi connectivity index (χ4v) is 3.35. The number of hydrogen-bond acceptors (Lipinski definition) is 3. The minimum atomic E-state index is -4.84. The summed E-state index contributed by atoms with van der Waals surface area (Å²) in [7, 11) is 0. The molecule has 2 aromatic rings. The van der Waals surface area contributed by atoms with Gasteiger partial charge in [0.1, 0.15) is 5.82 Å². The highest BCUT2D eigenvalue weighted by atomic mass is 35.5. The number of benzene rings is 2. The number of alkyl halides is 3. The maximum absolute atomic E-state index is 14.0. The van der Waals surface area contributed by atoms with Crippen molar-refractivity contribution >= 4 is 40.5 Å². The van der Waals surface area contributed by atoms with Crippen molar-refractivity contribution < 1.29 is 22.4 Å². The molecule has 0 amide bonds. The Hall–Kier alpha value is -1.54. The Morgan fingerprint density at radius 3 is 2.30 bits per heavy atom. The van der Waals surface area contributed by atoms with E-state index in [4.69, 9.17) is 45.4 Å². The van der Waals surface area contributed by atoms with Gasteiger partial charge in [-0.25, -0.2) is 4.39 Å². The molecule has 1 aliphatic rings. The molecule has 27 heavy (non-hydrogen) atoms. The zero-order valence-electron chi connectivity index (χ0n) is 13.4. The molecule has 1 heterocycles. The van der Waals surface area contributed by atoms with Gasteiger partial charge < -0.3 is 10.6 Å². The number of halogens is 7. The molecule has 144 valence electrons. The lowest BCUT2D eigenvalue weighted by Crippen LogP contribution is -2.42. The van der Waals surface area contributed by atoms with Crippen molar-refractivity contribution in [3.63, 3.8) is 0 Å². The van der Waals surface area contributed by atoms with Gasteiger partial charge in [0.05, 0.1) is 20.8 Å². The summed E-state index contributed by atoms with van der Waals surface area (Å²) in [6, 6.07) is 5.84. The van der Waals surface area contributed by atoms with E-state index >= 15 is 0 Å². The molecule has 0 saturated carbocycles. The second-order valence-electron chi connectivity index (χ2n) is 5.90. The number of nitrogens with zero attached hydrogens (tertiary/aromatic N) is 1. The Bertz CT molecular complexity index is 910. The molecule has 0 saturated heterocycles. The molecular weight excluding hydrogens is 431 g/mol. The molecule has 1 atom stereocenters. The average molecular weight is 442 g/mol. The largest absolute Gasteiger partial charge is 0.435 e. The molecule has 0 aliphatic carbocycles. The zero-order valence-corrected chi connectivity index (χ0v) is 15.6. The van der Waals surface area contributed by atoms with Crippen LogP contribution in [0.2, 0.25) is 15.1 Å². The molecular formula is C17H11Cl3F4N2O. The van der Waals surface area contributed by atoms with Crippen molar-refractivity contribution in [1.29, 1.82) is 0 Å². The van der Waals surface area contributed by atoms with E-state index < -0.39 is 24.0 Å². The van der Waals surface area contributed by atoms with Crippen molar-refractivity contribution in [1.82, 2.24) is 0 Å². The van der Waals surface area contributed by atoms with E-state index in [1.165, 1.54) is 12.1 Å². The summed E-state index contributed by atoms with van der Waals surface area (Å²) in [4.78, 5) is 4.89. The first kappa shape index (κ1) is 20.2. The standard InChI is InChI=1S/C17H11Cl3F4N2O/c18-11-4-10(5-12(19)15(11)20)16(17(22,23)24)6-14(26-27-16)8-1-2-13(21)9(3-8)7-25/h1-5H,6-7,25H2. The monoisotopic (exact) mass is 440 g/mol. The maximum atomic E-state index is 14.0. The summed E-state index contributed by atoms with van der Waals surface area (Å²) in [6.45, 7) is -0.110. The minimum Gasteiger partial charge on any atom is -0.374 e. The summed E-state index contributed by atoms with van der Waals surface area (Å²) in [5.41, 5.74) is 2.73. The van der Waals surface area contributed by atoms with E-state index in [2.05, 4.69) is 5.16 Å². The topological polar surface area (TPSA) is 47.6 Å². The fraction of sp³-hybridized carbons (Fsp3) is 0.235. The second-order valence-corrected chi connectivity index (χ2v) is 7.09. The third-order valence-electron chi connectivity index (χ3n) is 4.23. The van der Waals surface area contributed by atoms with Gasteiger partial charge >= 0.3 is 6.18 Å². The quantitative estimate of drug-likeness (QED) is 0.481. The first-order valence-electron chi connectivity index (χ1n) is 7.54. The van der Waals surface area contributed by atoms with Gasteiger partial charge in [-0.15, -0.1) is 0 Å². The van der Waals surface area contributed by atoms with E-state index in [1.54, 1.807) is 0 Å². The normalized spacial score (nSPS) is 19.8. The van der Waals surface area contributed by atoms with Gasteiger partial charge in [0.25, 0.3) is 5.60 Å². The lowest BCUT2D eigenvalue weighted by atomic mass is 9.86.